The highest BCUT2D eigenvalue weighted by molar-refractivity contribution is 6.30. The van der Waals surface area contributed by atoms with Crippen LogP contribution in [0.5, 0.6) is 0 Å². The molecule has 1 heterocycles. The summed E-state index contributed by atoms with van der Waals surface area (Å²) in [5.74, 6) is -0.0187. The minimum atomic E-state index is -0.0187. The van der Waals surface area contributed by atoms with Gasteiger partial charge in [0.05, 0.1) is 11.4 Å². The molecule has 1 aromatic heterocycles. The second-order valence-corrected chi connectivity index (χ2v) is 4.45. The van der Waals surface area contributed by atoms with Gasteiger partial charge in [-0.1, -0.05) is 35.8 Å². The van der Waals surface area contributed by atoms with Crippen LogP contribution in [-0.4, -0.2) is 22.8 Å². The molecule has 5 heteroatoms. The molecule has 0 amide bonds. The third kappa shape index (κ3) is 3.29. The Balaban J connectivity index is 2.36. The number of hydrogen-bond donors (Lipinski definition) is 0. The van der Waals surface area contributed by atoms with Gasteiger partial charge in [0.1, 0.15) is 7.11 Å². The number of hydrogen-bond acceptors (Lipinski definition) is 4. The molecule has 0 aliphatic carbocycles. The fraction of sp³-hybridized carbons (Fsp3) is 0.214. The fourth-order valence-corrected chi connectivity index (χ4v) is 1.90. The molecule has 0 aliphatic rings. The Hall–Kier alpha value is -1.94. The standard InChI is InChI=1S/C14H14ClN3O/c1-10(13-9-16-7-8-17-13)14(18-19-2)11-3-5-12(15)6-4-11/h3-10H,1-2H3. The van der Waals surface area contributed by atoms with E-state index in [2.05, 4.69) is 15.1 Å². The van der Waals surface area contributed by atoms with Gasteiger partial charge in [0.2, 0.25) is 0 Å². The van der Waals surface area contributed by atoms with E-state index in [1.54, 1.807) is 18.6 Å². The van der Waals surface area contributed by atoms with Crippen molar-refractivity contribution >= 4 is 17.3 Å². The molecule has 0 saturated carbocycles. The zero-order chi connectivity index (χ0) is 13.7. The molecule has 1 atom stereocenters. The Labute approximate surface area is 117 Å². The summed E-state index contributed by atoms with van der Waals surface area (Å²) in [7, 11) is 1.53. The molecule has 0 radical (unpaired) electrons. The molecule has 0 saturated heterocycles. The van der Waals surface area contributed by atoms with E-state index in [0.29, 0.717) is 5.02 Å². The highest BCUT2D eigenvalue weighted by Gasteiger charge is 2.17. The van der Waals surface area contributed by atoms with Gasteiger partial charge in [-0.15, -0.1) is 0 Å². The zero-order valence-electron chi connectivity index (χ0n) is 10.7. The Morgan fingerprint density at radius 1 is 1.26 bits per heavy atom. The Morgan fingerprint density at radius 3 is 2.58 bits per heavy atom. The first-order valence-electron chi connectivity index (χ1n) is 5.85. The number of oxime groups is 1. The van der Waals surface area contributed by atoms with E-state index in [0.717, 1.165) is 17.0 Å². The molecular weight excluding hydrogens is 262 g/mol. The first-order valence-corrected chi connectivity index (χ1v) is 6.23. The van der Waals surface area contributed by atoms with Gasteiger partial charge in [-0.05, 0) is 12.1 Å². The lowest BCUT2D eigenvalue weighted by molar-refractivity contribution is 0.212. The summed E-state index contributed by atoms with van der Waals surface area (Å²) < 4.78 is 0. The molecule has 4 nitrogen and oxygen atoms in total. The van der Waals surface area contributed by atoms with Crippen LogP contribution in [-0.2, 0) is 4.84 Å². The summed E-state index contributed by atoms with van der Waals surface area (Å²) in [5.41, 5.74) is 2.58. The van der Waals surface area contributed by atoms with Crippen molar-refractivity contribution in [1.82, 2.24) is 9.97 Å². The molecule has 2 rings (SSSR count). The summed E-state index contributed by atoms with van der Waals surface area (Å²) >= 11 is 5.90. The van der Waals surface area contributed by atoms with Gasteiger partial charge >= 0.3 is 0 Å². The highest BCUT2D eigenvalue weighted by atomic mass is 35.5. The van der Waals surface area contributed by atoms with Crippen LogP contribution >= 0.6 is 11.6 Å². The van der Waals surface area contributed by atoms with Gasteiger partial charge < -0.3 is 4.84 Å². The van der Waals surface area contributed by atoms with Crippen molar-refractivity contribution in [1.29, 1.82) is 0 Å². The molecule has 0 N–H and O–H groups in total. The van der Waals surface area contributed by atoms with Crippen molar-refractivity contribution in [3.05, 3.63) is 59.1 Å². The lowest BCUT2D eigenvalue weighted by Crippen LogP contribution is -2.13. The van der Waals surface area contributed by atoms with Crippen molar-refractivity contribution in [2.45, 2.75) is 12.8 Å². The Kier molecular flexibility index (Phi) is 4.47. The number of halogens is 1. The van der Waals surface area contributed by atoms with Crippen LogP contribution in [0.4, 0.5) is 0 Å². The normalized spacial score (nSPS) is 13.1. The molecule has 0 fully saturated rings. The van der Waals surface area contributed by atoms with Crippen LogP contribution in [0.3, 0.4) is 0 Å². The predicted octanol–water partition coefficient (Wildman–Crippen LogP) is 3.28. The molecular formula is C14H14ClN3O. The van der Waals surface area contributed by atoms with Gasteiger partial charge in [-0.3, -0.25) is 9.97 Å². The second kappa shape index (κ2) is 6.29. The number of aromatic nitrogens is 2. The molecule has 1 unspecified atom stereocenters. The average Bonchev–Trinajstić information content (AvgIpc) is 2.46. The number of rotatable bonds is 4. The van der Waals surface area contributed by atoms with Gasteiger partial charge in [-0.2, -0.15) is 0 Å². The van der Waals surface area contributed by atoms with Crippen LogP contribution in [0.1, 0.15) is 24.1 Å². The van der Waals surface area contributed by atoms with Crippen molar-refractivity contribution < 1.29 is 4.84 Å². The molecule has 0 spiro atoms. The van der Waals surface area contributed by atoms with Crippen LogP contribution in [0, 0.1) is 0 Å². The topological polar surface area (TPSA) is 47.4 Å². The highest BCUT2D eigenvalue weighted by Crippen LogP contribution is 2.20. The first kappa shape index (κ1) is 13.5. The van der Waals surface area contributed by atoms with Crippen molar-refractivity contribution in [2.24, 2.45) is 5.16 Å². The van der Waals surface area contributed by atoms with E-state index in [1.165, 1.54) is 7.11 Å². The van der Waals surface area contributed by atoms with Crippen molar-refractivity contribution in [3.8, 4) is 0 Å². The fourth-order valence-electron chi connectivity index (χ4n) is 1.78. The monoisotopic (exact) mass is 275 g/mol. The average molecular weight is 276 g/mol. The first-order chi connectivity index (χ1) is 9.22. The molecule has 1 aromatic carbocycles. The third-order valence-electron chi connectivity index (χ3n) is 2.77. The SMILES string of the molecule is CON=C(c1ccc(Cl)cc1)C(C)c1cnccn1. The maximum Gasteiger partial charge on any atom is 0.106 e. The smallest absolute Gasteiger partial charge is 0.106 e. The van der Waals surface area contributed by atoms with E-state index in [1.807, 2.05) is 31.2 Å². The lowest BCUT2D eigenvalue weighted by Gasteiger charge is -2.13. The summed E-state index contributed by atoms with van der Waals surface area (Å²) in [4.78, 5) is 13.3. The largest absolute Gasteiger partial charge is 0.399 e. The lowest BCUT2D eigenvalue weighted by atomic mass is 9.96. The third-order valence-corrected chi connectivity index (χ3v) is 3.02. The van der Waals surface area contributed by atoms with Crippen LogP contribution in [0.15, 0.2) is 48.0 Å². The maximum absolute atomic E-state index is 5.90. The summed E-state index contributed by atoms with van der Waals surface area (Å²) in [6.07, 6.45) is 5.04. The van der Waals surface area contributed by atoms with Gasteiger partial charge in [0, 0.05) is 35.1 Å². The van der Waals surface area contributed by atoms with Crippen LogP contribution in [0.25, 0.3) is 0 Å². The van der Waals surface area contributed by atoms with Crippen molar-refractivity contribution in [3.63, 3.8) is 0 Å². The summed E-state index contributed by atoms with van der Waals surface area (Å²) in [6, 6.07) is 7.47. The minimum absolute atomic E-state index is 0.0187. The van der Waals surface area contributed by atoms with Gasteiger partial charge in [0.15, 0.2) is 0 Å². The zero-order valence-corrected chi connectivity index (χ0v) is 11.5. The summed E-state index contributed by atoms with van der Waals surface area (Å²) in [5, 5.41) is 4.79. The minimum Gasteiger partial charge on any atom is -0.399 e. The molecule has 98 valence electrons. The van der Waals surface area contributed by atoms with E-state index in [4.69, 9.17) is 16.4 Å². The van der Waals surface area contributed by atoms with E-state index in [-0.39, 0.29) is 5.92 Å². The summed E-state index contributed by atoms with van der Waals surface area (Å²) in [6.45, 7) is 2.01. The van der Waals surface area contributed by atoms with Gasteiger partial charge in [0.25, 0.3) is 0 Å². The molecule has 0 bridgehead atoms. The molecule has 2 aromatic rings. The van der Waals surface area contributed by atoms with Gasteiger partial charge in [-0.25, -0.2) is 0 Å². The van der Waals surface area contributed by atoms with Crippen LogP contribution in [0.2, 0.25) is 5.02 Å². The Morgan fingerprint density at radius 2 is 2.00 bits per heavy atom. The van der Waals surface area contributed by atoms with E-state index < -0.39 is 0 Å². The number of nitrogens with zero attached hydrogens (tertiary/aromatic N) is 3. The second-order valence-electron chi connectivity index (χ2n) is 4.02. The quantitative estimate of drug-likeness (QED) is 0.635. The van der Waals surface area contributed by atoms with E-state index in [9.17, 15) is 0 Å². The van der Waals surface area contributed by atoms with E-state index >= 15 is 0 Å². The van der Waals surface area contributed by atoms with Crippen LogP contribution < -0.4 is 0 Å². The van der Waals surface area contributed by atoms with Crippen molar-refractivity contribution in [2.75, 3.05) is 7.11 Å². The maximum atomic E-state index is 5.90. The number of benzene rings is 1. The predicted molar refractivity (Wildman–Crippen MR) is 75.4 cm³/mol. The molecule has 0 aliphatic heterocycles. The Bertz CT molecular complexity index is 555. The molecule has 19 heavy (non-hydrogen) atoms.